The van der Waals surface area contributed by atoms with Crippen LogP contribution in [0.15, 0.2) is 16.7 Å². The van der Waals surface area contributed by atoms with Crippen LogP contribution in [0.1, 0.15) is 30.8 Å². The van der Waals surface area contributed by atoms with E-state index in [2.05, 4.69) is 20.7 Å². The fourth-order valence-electron chi connectivity index (χ4n) is 1.82. The van der Waals surface area contributed by atoms with Gasteiger partial charge in [0.05, 0.1) is 7.11 Å². The highest BCUT2D eigenvalue weighted by Gasteiger charge is 2.21. The maximum absolute atomic E-state index is 12.5. The second kappa shape index (κ2) is 7.33. The van der Waals surface area contributed by atoms with Crippen molar-refractivity contribution in [1.82, 2.24) is 9.47 Å². The van der Waals surface area contributed by atoms with Crippen molar-refractivity contribution in [2.75, 3.05) is 20.2 Å². The van der Waals surface area contributed by atoms with Gasteiger partial charge in [-0.05, 0) is 35.3 Å². The Morgan fingerprint density at radius 3 is 2.63 bits per heavy atom. The molecule has 0 saturated heterocycles. The molecular formula is C13H19BrN2O3. The number of carbonyl (C=O) groups excluding carboxylic acids is 2. The van der Waals surface area contributed by atoms with Gasteiger partial charge in [-0.15, -0.1) is 0 Å². The van der Waals surface area contributed by atoms with Crippen LogP contribution in [-0.2, 0) is 16.1 Å². The topological polar surface area (TPSA) is 51.5 Å². The van der Waals surface area contributed by atoms with Gasteiger partial charge in [-0.1, -0.05) is 6.92 Å². The van der Waals surface area contributed by atoms with Crippen LogP contribution in [0.2, 0.25) is 0 Å². The molecule has 0 aromatic carbocycles. The van der Waals surface area contributed by atoms with Gasteiger partial charge in [-0.3, -0.25) is 9.59 Å². The first-order valence-electron chi connectivity index (χ1n) is 6.25. The smallest absolute Gasteiger partial charge is 0.325 e. The summed E-state index contributed by atoms with van der Waals surface area (Å²) in [6.45, 7) is 5.14. The highest BCUT2D eigenvalue weighted by Crippen LogP contribution is 2.17. The molecule has 0 aliphatic heterocycles. The van der Waals surface area contributed by atoms with Gasteiger partial charge in [0.2, 0.25) is 0 Å². The zero-order valence-electron chi connectivity index (χ0n) is 11.5. The summed E-state index contributed by atoms with van der Waals surface area (Å²) in [6, 6.07) is 1.77. The fraction of sp³-hybridized carbons (Fsp3) is 0.538. The highest BCUT2D eigenvalue weighted by molar-refractivity contribution is 9.10. The van der Waals surface area contributed by atoms with E-state index in [0.717, 1.165) is 10.9 Å². The van der Waals surface area contributed by atoms with Gasteiger partial charge in [0.15, 0.2) is 0 Å². The molecule has 0 aliphatic carbocycles. The Labute approximate surface area is 121 Å². The van der Waals surface area contributed by atoms with Crippen LogP contribution < -0.4 is 0 Å². The largest absolute Gasteiger partial charge is 0.468 e. The number of carbonyl (C=O) groups is 2. The molecule has 1 rings (SSSR count). The lowest BCUT2D eigenvalue weighted by atomic mass is 10.3. The molecule has 19 heavy (non-hydrogen) atoms. The minimum absolute atomic E-state index is 0.0182. The molecule has 1 amide bonds. The number of aryl methyl sites for hydroxylation is 1. The van der Waals surface area contributed by atoms with E-state index >= 15 is 0 Å². The van der Waals surface area contributed by atoms with Gasteiger partial charge in [0.25, 0.3) is 5.91 Å². The molecular weight excluding hydrogens is 312 g/mol. The van der Waals surface area contributed by atoms with Crippen LogP contribution in [0.25, 0.3) is 0 Å². The quantitative estimate of drug-likeness (QED) is 0.752. The van der Waals surface area contributed by atoms with Gasteiger partial charge in [0.1, 0.15) is 12.2 Å². The number of hydrogen-bond acceptors (Lipinski definition) is 3. The first-order valence-corrected chi connectivity index (χ1v) is 7.04. The first kappa shape index (κ1) is 15.8. The third kappa shape index (κ3) is 4.09. The SMILES string of the molecule is CCCN(CC(=O)OC)C(=O)c1cc(Br)cn1CC. The van der Waals surface area contributed by atoms with E-state index in [0.29, 0.717) is 18.8 Å². The summed E-state index contributed by atoms with van der Waals surface area (Å²) in [4.78, 5) is 25.3. The predicted octanol–water partition coefficient (Wildman–Crippen LogP) is 2.30. The van der Waals surface area contributed by atoms with E-state index in [9.17, 15) is 9.59 Å². The molecule has 1 heterocycles. The van der Waals surface area contributed by atoms with Gasteiger partial charge < -0.3 is 14.2 Å². The zero-order chi connectivity index (χ0) is 14.4. The molecule has 0 bridgehead atoms. The van der Waals surface area contributed by atoms with Crippen LogP contribution in [0, 0.1) is 0 Å². The first-order chi connectivity index (χ1) is 9.03. The minimum Gasteiger partial charge on any atom is -0.468 e. The molecule has 0 radical (unpaired) electrons. The average Bonchev–Trinajstić information content (AvgIpc) is 2.78. The van der Waals surface area contributed by atoms with Crippen molar-refractivity contribution in [3.63, 3.8) is 0 Å². The van der Waals surface area contributed by atoms with E-state index in [1.165, 1.54) is 12.0 Å². The third-order valence-corrected chi connectivity index (χ3v) is 3.19. The number of nitrogens with zero attached hydrogens (tertiary/aromatic N) is 2. The minimum atomic E-state index is -0.407. The number of ether oxygens (including phenoxy) is 1. The summed E-state index contributed by atoms with van der Waals surface area (Å²) in [7, 11) is 1.32. The van der Waals surface area contributed by atoms with Gasteiger partial charge in [0, 0.05) is 23.8 Å². The molecule has 0 fully saturated rings. The van der Waals surface area contributed by atoms with Crippen molar-refractivity contribution >= 4 is 27.8 Å². The second-order valence-electron chi connectivity index (χ2n) is 4.13. The van der Waals surface area contributed by atoms with E-state index < -0.39 is 5.97 Å². The lowest BCUT2D eigenvalue weighted by Gasteiger charge is -2.21. The van der Waals surface area contributed by atoms with E-state index in [1.54, 1.807) is 6.07 Å². The van der Waals surface area contributed by atoms with Crippen LogP contribution in [-0.4, -0.2) is 41.5 Å². The molecule has 6 heteroatoms. The number of rotatable bonds is 6. The van der Waals surface area contributed by atoms with Crippen molar-refractivity contribution in [2.45, 2.75) is 26.8 Å². The third-order valence-electron chi connectivity index (χ3n) is 2.75. The van der Waals surface area contributed by atoms with Gasteiger partial charge in [-0.25, -0.2) is 0 Å². The Morgan fingerprint density at radius 2 is 2.11 bits per heavy atom. The molecule has 1 aromatic rings. The summed E-state index contributed by atoms with van der Waals surface area (Å²) in [5.74, 6) is -0.560. The number of amides is 1. The summed E-state index contributed by atoms with van der Waals surface area (Å²) in [5, 5.41) is 0. The molecule has 0 saturated carbocycles. The normalized spacial score (nSPS) is 10.3. The summed E-state index contributed by atoms with van der Waals surface area (Å²) in [6.07, 6.45) is 2.65. The summed E-state index contributed by atoms with van der Waals surface area (Å²) in [5.41, 5.74) is 0.576. The molecule has 0 aliphatic rings. The van der Waals surface area contributed by atoms with Crippen LogP contribution in [0.4, 0.5) is 0 Å². The number of esters is 1. The predicted molar refractivity (Wildman–Crippen MR) is 76.0 cm³/mol. The Bertz CT molecular complexity index is 457. The maximum Gasteiger partial charge on any atom is 0.325 e. The highest BCUT2D eigenvalue weighted by atomic mass is 79.9. The molecule has 106 valence electrons. The lowest BCUT2D eigenvalue weighted by molar-refractivity contribution is -0.141. The maximum atomic E-state index is 12.5. The van der Waals surface area contributed by atoms with E-state index in [1.807, 2.05) is 24.6 Å². The van der Waals surface area contributed by atoms with Gasteiger partial charge >= 0.3 is 5.97 Å². The van der Waals surface area contributed by atoms with Crippen molar-refractivity contribution < 1.29 is 14.3 Å². The molecule has 1 aromatic heterocycles. The Hall–Kier alpha value is -1.30. The number of hydrogen-bond donors (Lipinski definition) is 0. The van der Waals surface area contributed by atoms with Crippen molar-refractivity contribution in [3.8, 4) is 0 Å². The summed E-state index contributed by atoms with van der Waals surface area (Å²) < 4.78 is 7.33. The Kier molecular flexibility index (Phi) is 6.08. The standard InChI is InChI=1S/C13H19BrN2O3/c1-4-6-16(9-12(17)19-3)13(18)11-7-10(14)8-15(11)5-2/h7-8H,4-6,9H2,1-3H3. The van der Waals surface area contributed by atoms with E-state index in [-0.39, 0.29) is 12.5 Å². The lowest BCUT2D eigenvalue weighted by Crippen LogP contribution is -2.37. The van der Waals surface area contributed by atoms with Crippen molar-refractivity contribution in [2.24, 2.45) is 0 Å². The molecule has 0 spiro atoms. The molecule has 0 unspecified atom stereocenters. The van der Waals surface area contributed by atoms with E-state index in [4.69, 9.17) is 0 Å². The van der Waals surface area contributed by atoms with Crippen LogP contribution in [0.5, 0.6) is 0 Å². The Morgan fingerprint density at radius 1 is 1.42 bits per heavy atom. The monoisotopic (exact) mass is 330 g/mol. The number of halogens is 1. The Balaban J connectivity index is 2.94. The fourth-order valence-corrected chi connectivity index (χ4v) is 2.28. The molecule has 5 nitrogen and oxygen atoms in total. The number of aromatic nitrogens is 1. The number of methoxy groups -OCH3 is 1. The molecule has 0 atom stereocenters. The van der Waals surface area contributed by atoms with Crippen LogP contribution in [0.3, 0.4) is 0 Å². The zero-order valence-corrected chi connectivity index (χ0v) is 13.1. The van der Waals surface area contributed by atoms with Crippen molar-refractivity contribution in [3.05, 3.63) is 22.4 Å². The molecule has 0 N–H and O–H groups in total. The van der Waals surface area contributed by atoms with Gasteiger partial charge in [-0.2, -0.15) is 0 Å². The van der Waals surface area contributed by atoms with Crippen molar-refractivity contribution in [1.29, 1.82) is 0 Å². The second-order valence-corrected chi connectivity index (χ2v) is 5.05. The average molecular weight is 331 g/mol. The van der Waals surface area contributed by atoms with Crippen LogP contribution >= 0.6 is 15.9 Å². The summed E-state index contributed by atoms with van der Waals surface area (Å²) >= 11 is 3.36.